The highest BCUT2D eigenvalue weighted by Crippen LogP contribution is 2.31. The van der Waals surface area contributed by atoms with Gasteiger partial charge in [-0.25, -0.2) is 0 Å². The van der Waals surface area contributed by atoms with Gasteiger partial charge in [0.1, 0.15) is 5.75 Å². The van der Waals surface area contributed by atoms with E-state index in [1.165, 1.54) is 4.88 Å². The fourth-order valence-corrected chi connectivity index (χ4v) is 2.95. The molecule has 1 aromatic carbocycles. The van der Waals surface area contributed by atoms with Crippen molar-refractivity contribution in [3.8, 4) is 5.75 Å². The molecule has 1 N–H and O–H groups in total. The molecule has 0 radical (unpaired) electrons. The van der Waals surface area contributed by atoms with E-state index in [-0.39, 0.29) is 6.04 Å². The van der Waals surface area contributed by atoms with Crippen LogP contribution < -0.4 is 10.1 Å². The lowest BCUT2D eigenvalue weighted by Crippen LogP contribution is -2.24. The van der Waals surface area contributed by atoms with E-state index < -0.39 is 0 Å². The van der Waals surface area contributed by atoms with Gasteiger partial charge in [0.2, 0.25) is 0 Å². The molecule has 5 heteroatoms. The summed E-state index contributed by atoms with van der Waals surface area (Å²) in [6.45, 7) is 3.12. The van der Waals surface area contributed by atoms with Gasteiger partial charge in [-0.1, -0.05) is 18.5 Å². The summed E-state index contributed by atoms with van der Waals surface area (Å²) in [6.07, 6.45) is 3.89. The Balaban J connectivity index is 2.27. The topological polar surface area (TPSA) is 34.2 Å². The number of aromatic nitrogens is 1. The molecule has 0 fully saturated rings. The minimum atomic E-state index is 0.184. The van der Waals surface area contributed by atoms with Crippen LogP contribution in [0.25, 0.3) is 0 Å². The van der Waals surface area contributed by atoms with Crippen LogP contribution in [-0.2, 0) is 6.42 Å². The number of ether oxygens (including phenoxy) is 1. The zero-order valence-corrected chi connectivity index (χ0v) is 13.3. The van der Waals surface area contributed by atoms with E-state index in [0.717, 1.165) is 35.7 Å². The summed E-state index contributed by atoms with van der Waals surface area (Å²) in [5.41, 5.74) is 2.96. The van der Waals surface area contributed by atoms with Crippen molar-refractivity contribution in [1.82, 2.24) is 10.3 Å². The Morgan fingerprint density at radius 2 is 2.30 bits per heavy atom. The largest absolute Gasteiger partial charge is 0.496 e. The highest BCUT2D eigenvalue weighted by molar-refractivity contribution is 7.09. The van der Waals surface area contributed by atoms with Gasteiger partial charge >= 0.3 is 0 Å². The highest BCUT2D eigenvalue weighted by Gasteiger charge is 2.17. The van der Waals surface area contributed by atoms with Crippen LogP contribution in [0.15, 0.2) is 29.9 Å². The lowest BCUT2D eigenvalue weighted by atomic mass is 10.0. The number of thiazole rings is 1. The Hall–Kier alpha value is -1.10. The fraction of sp³-hybridized carbons (Fsp3) is 0.400. The van der Waals surface area contributed by atoms with Crippen molar-refractivity contribution < 1.29 is 4.74 Å². The predicted octanol–water partition coefficient (Wildman–Crippen LogP) is 4.09. The first-order chi connectivity index (χ1) is 9.74. The molecule has 0 bridgehead atoms. The molecule has 0 aliphatic heterocycles. The molecule has 0 spiro atoms. The van der Waals surface area contributed by atoms with Gasteiger partial charge in [0, 0.05) is 34.1 Å². The molecular weight excluding hydrogens is 292 g/mol. The van der Waals surface area contributed by atoms with Gasteiger partial charge in [-0.15, -0.1) is 11.3 Å². The molecule has 108 valence electrons. The number of nitrogens with zero attached hydrogens (tertiary/aromatic N) is 1. The summed E-state index contributed by atoms with van der Waals surface area (Å²) in [5.74, 6) is 0.868. The summed E-state index contributed by atoms with van der Waals surface area (Å²) in [4.78, 5) is 5.39. The molecule has 1 unspecified atom stereocenters. The second-order valence-electron chi connectivity index (χ2n) is 4.56. The third kappa shape index (κ3) is 3.95. The second-order valence-corrected chi connectivity index (χ2v) is 5.97. The fourth-order valence-electron chi connectivity index (χ4n) is 2.13. The lowest BCUT2D eigenvalue weighted by Gasteiger charge is -2.21. The Bertz CT molecular complexity index is 531. The van der Waals surface area contributed by atoms with Crippen molar-refractivity contribution in [1.29, 1.82) is 0 Å². The molecule has 0 saturated carbocycles. The maximum absolute atomic E-state index is 6.14. The van der Waals surface area contributed by atoms with E-state index >= 15 is 0 Å². The predicted molar refractivity (Wildman–Crippen MR) is 84.9 cm³/mol. The molecule has 0 amide bonds. The molecule has 1 aromatic heterocycles. The molecule has 1 atom stereocenters. The number of methoxy groups -OCH3 is 1. The quantitative estimate of drug-likeness (QED) is 0.836. The number of benzene rings is 1. The normalized spacial score (nSPS) is 12.3. The monoisotopic (exact) mass is 310 g/mol. The minimum absolute atomic E-state index is 0.184. The average Bonchev–Trinajstić information content (AvgIpc) is 2.96. The van der Waals surface area contributed by atoms with Crippen LogP contribution in [0.2, 0.25) is 5.02 Å². The van der Waals surface area contributed by atoms with E-state index in [2.05, 4.69) is 17.2 Å². The molecule has 2 rings (SSSR count). The Labute approximate surface area is 129 Å². The Morgan fingerprint density at radius 1 is 1.45 bits per heavy atom. The summed E-state index contributed by atoms with van der Waals surface area (Å²) in [7, 11) is 1.69. The van der Waals surface area contributed by atoms with E-state index in [0.29, 0.717) is 0 Å². The number of hydrogen-bond acceptors (Lipinski definition) is 4. The lowest BCUT2D eigenvalue weighted by molar-refractivity contribution is 0.398. The zero-order chi connectivity index (χ0) is 14.4. The van der Waals surface area contributed by atoms with Crippen LogP contribution in [-0.4, -0.2) is 18.6 Å². The van der Waals surface area contributed by atoms with Crippen LogP contribution in [0.1, 0.15) is 29.8 Å². The zero-order valence-electron chi connectivity index (χ0n) is 11.7. The van der Waals surface area contributed by atoms with Gasteiger partial charge in [-0.05, 0) is 31.2 Å². The summed E-state index contributed by atoms with van der Waals surface area (Å²) >= 11 is 7.81. The number of nitrogens with one attached hydrogen (secondary N) is 1. The van der Waals surface area contributed by atoms with E-state index in [1.807, 2.05) is 29.9 Å². The summed E-state index contributed by atoms with van der Waals surface area (Å²) in [5, 5.41) is 4.30. The van der Waals surface area contributed by atoms with E-state index in [9.17, 15) is 0 Å². The van der Waals surface area contributed by atoms with Crippen LogP contribution in [0, 0.1) is 0 Å². The molecule has 0 aliphatic rings. The Kier molecular flexibility index (Phi) is 5.83. The number of rotatable bonds is 7. The van der Waals surface area contributed by atoms with Crippen molar-refractivity contribution in [3.63, 3.8) is 0 Å². The molecule has 1 heterocycles. The number of halogens is 1. The first kappa shape index (κ1) is 15.3. The smallest absolute Gasteiger partial charge is 0.123 e. The van der Waals surface area contributed by atoms with E-state index in [1.54, 1.807) is 18.4 Å². The first-order valence-corrected chi connectivity index (χ1v) is 7.94. The van der Waals surface area contributed by atoms with Crippen LogP contribution in [0.5, 0.6) is 5.75 Å². The maximum Gasteiger partial charge on any atom is 0.123 e. The molecule has 0 saturated heterocycles. The van der Waals surface area contributed by atoms with E-state index in [4.69, 9.17) is 16.3 Å². The van der Waals surface area contributed by atoms with Gasteiger partial charge in [-0.3, -0.25) is 4.98 Å². The molecule has 3 nitrogen and oxygen atoms in total. The maximum atomic E-state index is 6.14. The number of hydrogen-bond donors (Lipinski definition) is 1. The van der Waals surface area contributed by atoms with Crippen molar-refractivity contribution in [2.75, 3.05) is 13.7 Å². The second kappa shape index (κ2) is 7.62. The first-order valence-electron chi connectivity index (χ1n) is 6.68. The van der Waals surface area contributed by atoms with Gasteiger partial charge in [-0.2, -0.15) is 0 Å². The van der Waals surface area contributed by atoms with Gasteiger partial charge in [0.25, 0.3) is 0 Å². The highest BCUT2D eigenvalue weighted by atomic mass is 35.5. The standard InChI is InChI=1S/C15H19ClN2OS/c1-3-6-18-14(8-12-9-17-10-20-12)13-7-11(16)4-5-15(13)19-2/h4-5,7,9-10,14,18H,3,6,8H2,1-2H3. The SMILES string of the molecule is CCCNC(Cc1cncs1)c1cc(Cl)ccc1OC. The van der Waals surface area contributed by atoms with Crippen LogP contribution in [0.4, 0.5) is 0 Å². The molecule has 0 aliphatic carbocycles. The molecule has 2 aromatic rings. The van der Waals surface area contributed by atoms with Crippen molar-refractivity contribution >= 4 is 22.9 Å². The third-order valence-electron chi connectivity index (χ3n) is 3.10. The van der Waals surface area contributed by atoms with Gasteiger partial charge in [0.15, 0.2) is 0 Å². The van der Waals surface area contributed by atoms with Crippen molar-refractivity contribution in [2.24, 2.45) is 0 Å². The molecular formula is C15H19ClN2OS. The summed E-state index contributed by atoms with van der Waals surface area (Å²) in [6, 6.07) is 5.94. The van der Waals surface area contributed by atoms with Crippen molar-refractivity contribution in [2.45, 2.75) is 25.8 Å². The third-order valence-corrected chi connectivity index (χ3v) is 4.13. The van der Waals surface area contributed by atoms with Gasteiger partial charge in [0.05, 0.1) is 12.6 Å². The molecule has 20 heavy (non-hydrogen) atoms. The Morgan fingerprint density at radius 3 is 2.95 bits per heavy atom. The van der Waals surface area contributed by atoms with Gasteiger partial charge < -0.3 is 10.1 Å². The van der Waals surface area contributed by atoms with Crippen molar-refractivity contribution in [3.05, 3.63) is 45.4 Å². The minimum Gasteiger partial charge on any atom is -0.496 e. The average molecular weight is 311 g/mol. The summed E-state index contributed by atoms with van der Waals surface area (Å²) < 4.78 is 5.47. The van der Waals surface area contributed by atoms with Crippen LogP contribution in [0.3, 0.4) is 0 Å². The van der Waals surface area contributed by atoms with Crippen LogP contribution >= 0.6 is 22.9 Å².